The van der Waals surface area contributed by atoms with Crippen LogP contribution in [-0.2, 0) is 6.18 Å². The number of hydrogen-bond donors (Lipinski definition) is 0. The van der Waals surface area contributed by atoms with Crippen molar-refractivity contribution >= 4 is 11.5 Å². The minimum Gasteiger partial charge on any atom is -0.354 e. The van der Waals surface area contributed by atoms with Crippen LogP contribution in [0.3, 0.4) is 0 Å². The van der Waals surface area contributed by atoms with Gasteiger partial charge in [-0.2, -0.15) is 13.2 Å². The molecule has 3 aromatic rings. The fraction of sp³-hybridized carbons (Fsp3) is 0.368. The minimum atomic E-state index is -4.34. The molecule has 1 aromatic carbocycles. The van der Waals surface area contributed by atoms with E-state index in [1.165, 1.54) is 12.1 Å². The zero-order chi connectivity index (χ0) is 19.2. The third-order valence-corrected chi connectivity index (χ3v) is 5.03. The molecule has 1 aliphatic rings. The number of likely N-dealkylation sites (N-methyl/N-ethyl adjacent to an activating group) is 1. The number of benzene rings is 1. The van der Waals surface area contributed by atoms with Gasteiger partial charge >= 0.3 is 6.18 Å². The number of imidazole rings is 1. The van der Waals surface area contributed by atoms with Crippen LogP contribution in [0.1, 0.15) is 12.0 Å². The lowest BCUT2D eigenvalue weighted by Crippen LogP contribution is -2.31. The Morgan fingerprint density at radius 1 is 1.07 bits per heavy atom. The maximum absolute atomic E-state index is 12.7. The van der Waals surface area contributed by atoms with E-state index in [4.69, 9.17) is 0 Å². The van der Waals surface area contributed by atoms with Crippen LogP contribution in [0.4, 0.5) is 19.0 Å². The molecule has 3 heterocycles. The Balaban J connectivity index is 1.60. The van der Waals surface area contributed by atoms with Gasteiger partial charge < -0.3 is 9.80 Å². The topological polar surface area (TPSA) is 36.7 Å². The first-order valence-corrected chi connectivity index (χ1v) is 8.77. The van der Waals surface area contributed by atoms with Crippen molar-refractivity contribution in [3.63, 3.8) is 0 Å². The predicted molar refractivity (Wildman–Crippen MR) is 97.7 cm³/mol. The summed E-state index contributed by atoms with van der Waals surface area (Å²) >= 11 is 0. The summed E-state index contributed by atoms with van der Waals surface area (Å²) in [5.74, 6) is 0.878. The standard InChI is InChI=1S/C19H20F3N5/c1-25(2)15-9-10-26(11-15)18-8-7-17-23-16(12-27(17)24-18)13-3-5-14(6-4-13)19(20,21)22/h3-8,12,15H,9-11H2,1-2H3. The number of halogens is 3. The highest BCUT2D eigenvalue weighted by Gasteiger charge is 2.30. The van der Waals surface area contributed by atoms with Gasteiger partial charge in [-0.25, -0.2) is 9.50 Å². The van der Waals surface area contributed by atoms with Gasteiger partial charge in [0.2, 0.25) is 0 Å². The van der Waals surface area contributed by atoms with Crippen LogP contribution in [-0.4, -0.2) is 52.7 Å². The number of nitrogens with zero attached hydrogens (tertiary/aromatic N) is 5. The van der Waals surface area contributed by atoms with Gasteiger partial charge in [0.05, 0.1) is 17.5 Å². The minimum absolute atomic E-state index is 0.507. The van der Waals surface area contributed by atoms with E-state index in [0.29, 0.717) is 22.9 Å². The van der Waals surface area contributed by atoms with Gasteiger partial charge in [0.1, 0.15) is 5.82 Å². The van der Waals surface area contributed by atoms with Crippen LogP contribution in [0.2, 0.25) is 0 Å². The Morgan fingerprint density at radius 3 is 2.44 bits per heavy atom. The fourth-order valence-electron chi connectivity index (χ4n) is 3.38. The Morgan fingerprint density at radius 2 is 1.81 bits per heavy atom. The summed E-state index contributed by atoms with van der Waals surface area (Å²) < 4.78 is 39.9. The third kappa shape index (κ3) is 3.49. The third-order valence-electron chi connectivity index (χ3n) is 5.03. The van der Waals surface area contributed by atoms with Gasteiger partial charge in [0, 0.05) is 24.7 Å². The van der Waals surface area contributed by atoms with Gasteiger partial charge in [0.25, 0.3) is 0 Å². The van der Waals surface area contributed by atoms with Crippen LogP contribution in [0.15, 0.2) is 42.6 Å². The molecule has 1 unspecified atom stereocenters. The van der Waals surface area contributed by atoms with Crippen LogP contribution in [0.25, 0.3) is 16.9 Å². The van der Waals surface area contributed by atoms with Crippen LogP contribution >= 0.6 is 0 Å². The summed E-state index contributed by atoms with van der Waals surface area (Å²) in [7, 11) is 4.16. The monoisotopic (exact) mass is 375 g/mol. The van der Waals surface area contributed by atoms with E-state index < -0.39 is 11.7 Å². The molecule has 0 aliphatic carbocycles. The predicted octanol–water partition coefficient (Wildman–Crippen LogP) is 3.56. The summed E-state index contributed by atoms with van der Waals surface area (Å²) in [4.78, 5) is 8.94. The zero-order valence-electron chi connectivity index (χ0n) is 15.1. The molecule has 1 aliphatic heterocycles. The fourth-order valence-corrected chi connectivity index (χ4v) is 3.38. The van der Waals surface area contributed by atoms with Crippen LogP contribution < -0.4 is 4.90 Å². The van der Waals surface area contributed by atoms with Crippen molar-refractivity contribution in [2.75, 3.05) is 32.1 Å². The highest BCUT2D eigenvalue weighted by atomic mass is 19.4. The average Bonchev–Trinajstić information content (AvgIpc) is 3.27. The second-order valence-electron chi connectivity index (χ2n) is 7.05. The molecule has 1 atom stereocenters. The van der Waals surface area contributed by atoms with E-state index in [9.17, 15) is 13.2 Å². The average molecular weight is 375 g/mol. The molecule has 0 radical (unpaired) electrons. The van der Waals surface area contributed by atoms with Crippen LogP contribution in [0, 0.1) is 0 Å². The summed E-state index contributed by atoms with van der Waals surface area (Å²) in [5, 5.41) is 4.64. The Bertz CT molecular complexity index is 946. The van der Waals surface area contributed by atoms with E-state index in [1.807, 2.05) is 12.1 Å². The molecular formula is C19H20F3N5. The Hall–Kier alpha value is -2.61. The SMILES string of the molecule is CN(C)C1CCN(c2ccc3nc(-c4ccc(C(F)(F)F)cc4)cn3n2)C1. The lowest BCUT2D eigenvalue weighted by atomic mass is 10.1. The maximum Gasteiger partial charge on any atom is 0.416 e. The molecule has 0 saturated carbocycles. The van der Waals surface area contributed by atoms with E-state index in [0.717, 1.165) is 37.5 Å². The Kier molecular flexibility index (Phi) is 4.30. The molecule has 0 bridgehead atoms. The first kappa shape index (κ1) is 17.8. The van der Waals surface area contributed by atoms with E-state index in [-0.39, 0.29) is 0 Å². The highest BCUT2D eigenvalue weighted by Crippen LogP contribution is 2.31. The van der Waals surface area contributed by atoms with Crippen molar-refractivity contribution in [2.24, 2.45) is 0 Å². The van der Waals surface area contributed by atoms with E-state index in [2.05, 4.69) is 34.0 Å². The smallest absolute Gasteiger partial charge is 0.354 e. The first-order valence-electron chi connectivity index (χ1n) is 8.77. The van der Waals surface area contributed by atoms with Gasteiger partial charge in [-0.3, -0.25) is 0 Å². The van der Waals surface area contributed by atoms with Crippen molar-refractivity contribution in [3.8, 4) is 11.3 Å². The van der Waals surface area contributed by atoms with Gasteiger partial charge in [-0.15, -0.1) is 5.10 Å². The van der Waals surface area contributed by atoms with E-state index in [1.54, 1.807) is 10.7 Å². The molecule has 0 spiro atoms. The number of aromatic nitrogens is 3. The normalized spacial score (nSPS) is 18.0. The molecule has 2 aromatic heterocycles. The molecule has 0 N–H and O–H groups in total. The lowest BCUT2D eigenvalue weighted by molar-refractivity contribution is -0.137. The largest absolute Gasteiger partial charge is 0.416 e. The molecule has 5 nitrogen and oxygen atoms in total. The van der Waals surface area contributed by atoms with Crippen molar-refractivity contribution in [1.82, 2.24) is 19.5 Å². The zero-order valence-corrected chi connectivity index (χ0v) is 15.1. The van der Waals surface area contributed by atoms with Gasteiger partial charge in [-0.05, 0) is 44.8 Å². The summed E-state index contributed by atoms with van der Waals surface area (Å²) in [5.41, 5.74) is 1.22. The van der Waals surface area contributed by atoms with Crippen molar-refractivity contribution < 1.29 is 13.2 Å². The number of rotatable bonds is 3. The van der Waals surface area contributed by atoms with E-state index >= 15 is 0 Å². The Labute approximate surface area is 155 Å². The number of fused-ring (bicyclic) bond motifs is 1. The molecule has 27 heavy (non-hydrogen) atoms. The van der Waals surface area contributed by atoms with Gasteiger partial charge in [-0.1, -0.05) is 12.1 Å². The molecule has 1 fully saturated rings. The van der Waals surface area contributed by atoms with Crippen molar-refractivity contribution in [3.05, 3.63) is 48.2 Å². The second-order valence-corrected chi connectivity index (χ2v) is 7.05. The molecular weight excluding hydrogens is 355 g/mol. The summed E-state index contributed by atoms with van der Waals surface area (Å²) in [6.07, 6.45) is -1.50. The van der Waals surface area contributed by atoms with Gasteiger partial charge in [0.15, 0.2) is 5.65 Å². The number of anilines is 1. The van der Waals surface area contributed by atoms with Crippen molar-refractivity contribution in [1.29, 1.82) is 0 Å². The molecule has 4 rings (SSSR count). The molecule has 142 valence electrons. The number of hydrogen-bond acceptors (Lipinski definition) is 4. The van der Waals surface area contributed by atoms with Crippen LogP contribution in [0.5, 0.6) is 0 Å². The molecule has 0 amide bonds. The lowest BCUT2D eigenvalue weighted by Gasteiger charge is -2.20. The maximum atomic E-state index is 12.7. The molecule has 8 heteroatoms. The second kappa shape index (κ2) is 6.53. The molecule has 1 saturated heterocycles. The first-order chi connectivity index (χ1) is 12.8. The highest BCUT2D eigenvalue weighted by molar-refractivity contribution is 5.63. The summed E-state index contributed by atoms with van der Waals surface area (Å²) in [6, 6.07) is 9.36. The summed E-state index contributed by atoms with van der Waals surface area (Å²) in [6.45, 7) is 1.87. The van der Waals surface area contributed by atoms with Crippen molar-refractivity contribution in [2.45, 2.75) is 18.6 Å². The number of alkyl halides is 3. The quantitative estimate of drug-likeness (QED) is 0.702.